The third kappa shape index (κ3) is 8.67. The highest BCUT2D eigenvalue weighted by Gasteiger charge is 2.52. The number of nitrogens with zero attached hydrogens (tertiary/aromatic N) is 3. The molecule has 2 saturated heterocycles. The van der Waals surface area contributed by atoms with Crippen LogP contribution in [-0.4, -0.2) is 30.4 Å². The Hall–Kier alpha value is -5.79. The van der Waals surface area contributed by atoms with Gasteiger partial charge < -0.3 is 0 Å². The maximum Gasteiger partial charge on any atom is 0.245 e. The van der Waals surface area contributed by atoms with E-state index in [9.17, 15) is 0 Å². The molecule has 66 heavy (non-hydrogen) atoms. The van der Waals surface area contributed by atoms with Gasteiger partial charge in [0.15, 0.2) is 0 Å². The molecule has 0 radical (unpaired) electrons. The summed E-state index contributed by atoms with van der Waals surface area (Å²) in [6.45, 7) is 12.6. The summed E-state index contributed by atoms with van der Waals surface area (Å²) in [6, 6.07) is 56.7. The van der Waals surface area contributed by atoms with Crippen molar-refractivity contribution in [1.29, 1.82) is 0 Å². The molecule has 9 nitrogen and oxygen atoms in total. The molecule has 1 aromatic heterocycles. The quantitative estimate of drug-likeness (QED) is 0.141. The molecule has 2 aliphatic rings. The van der Waals surface area contributed by atoms with Gasteiger partial charge in [0, 0.05) is 0 Å². The number of hydrogen-bond donors (Lipinski definition) is 2. The summed E-state index contributed by atoms with van der Waals surface area (Å²) in [6.07, 6.45) is -1.92. The predicted octanol–water partition coefficient (Wildman–Crippen LogP) is 11.2. The average molecular weight is 916 g/mol. The van der Waals surface area contributed by atoms with Crippen LogP contribution in [0, 0.1) is 0 Å². The zero-order valence-electron chi connectivity index (χ0n) is 38.2. The lowest BCUT2D eigenvalue weighted by molar-refractivity contribution is 0.304. The van der Waals surface area contributed by atoms with Gasteiger partial charge in [-0.3, -0.25) is 15.6 Å². The van der Waals surface area contributed by atoms with E-state index in [1.807, 2.05) is 164 Å². The summed E-state index contributed by atoms with van der Waals surface area (Å²) in [5, 5.41) is 7.47. The molecule has 6 aromatic carbocycles. The molecular weight excluding hydrogens is 859 g/mol. The lowest BCUT2D eigenvalue weighted by Crippen LogP contribution is -2.37. The van der Waals surface area contributed by atoms with Crippen molar-refractivity contribution in [3.05, 3.63) is 233 Å². The first-order valence-corrected chi connectivity index (χ1v) is 25.4. The summed E-state index contributed by atoms with van der Waals surface area (Å²) < 4.78 is 65.0. The summed E-state index contributed by atoms with van der Waals surface area (Å²) in [7, 11) is -8.47. The lowest BCUT2D eigenvalue weighted by Gasteiger charge is -2.31. The fourth-order valence-corrected chi connectivity index (χ4v) is 12.8. The van der Waals surface area contributed by atoms with Gasteiger partial charge in [-0.15, -0.1) is 0 Å². The molecule has 0 aliphatic carbocycles. The molecule has 0 bridgehead atoms. The molecule has 3 heterocycles. The first kappa shape index (κ1) is 45.4. The molecule has 0 saturated carbocycles. The van der Waals surface area contributed by atoms with Crippen LogP contribution in [0.3, 0.4) is 0 Å². The SMILES string of the molecule is CC(C)(C)c1ccc(S(=O)(=O)N2C(c3cccc(C4N[C@H](c5ccccc5)[C@@H](c5ccccc5)N4S(=O)(=O)c4ccc(C(C)(C)C)cc4)n3)N[C@H](c3ccccc3)[C@H]2c2ccccc2)cc1. The van der Waals surface area contributed by atoms with Crippen LogP contribution in [0.5, 0.6) is 0 Å². The van der Waals surface area contributed by atoms with Gasteiger partial charge in [-0.1, -0.05) is 193 Å². The van der Waals surface area contributed by atoms with Crippen LogP contribution in [0.2, 0.25) is 0 Å². The van der Waals surface area contributed by atoms with E-state index in [0.29, 0.717) is 11.4 Å². The number of pyridine rings is 1. The van der Waals surface area contributed by atoms with Gasteiger partial charge in [-0.25, -0.2) is 16.8 Å². The Labute approximate surface area is 390 Å². The maximum absolute atomic E-state index is 15.5. The fraction of sp³-hybridized carbons (Fsp3) is 0.255. The van der Waals surface area contributed by atoms with Crippen LogP contribution in [-0.2, 0) is 30.9 Å². The monoisotopic (exact) mass is 915 g/mol. The summed E-state index contributed by atoms with van der Waals surface area (Å²) in [5.41, 5.74) is 5.99. The first-order chi connectivity index (χ1) is 31.5. The second kappa shape index (κ2) is 17.8. The Morgan fingerprint density at radius 1 is 0.394 bits per heavy atom. The lowest BCUT2D eigenvalue weighted by atomic mass is 9.87. The number of sulfonamides is 2. The molecule has 7 aromatic rings. The molecule has 6 atom stereocenters. The smallest absolute Gasteiger partial charge is 0.245 e. The Bertz CT molecular complexity index is 2800. The van der Waals surface area contributed by atoms with Gasteiger partial charge in [0.2, 0.25) is 20.0 Å². The number of aromatic nitrogens is 1. The van der Waals surface area contributed by atoms with Crippen LogP contribution in [0.15, 0.2) is 198 Å². The average Bonchev–Trinajstić information content (AvgIpc) is 3.95. The second-order valence-corrected chi connectivity index (χ2v) is 23.0. The van der Waals surface area contributed by atoms with Crippen LogP contribution in [0.4, 0.5) is 0 Å². The van der Waals surface area contributed by atoms with Gasteiger partial charge in [0.05, 0.1) is 45.3 Å². The van der Waals surface area contributed by atoms with E-state index in [1.54, 1.807) is 32.9 Å². The Morgan fingerprint density at radius 2 is 0.697 bits per heavy atom. The van der Waals surface area contributed by atoms with Crippen molar-refractivity contribution in [2.75, 3.05) is 0 Å². The fourth-order valence-electron chi connectivity index (χ4n) is 9.42. The largest absolute Gasteiger partial charge is 0.287 e. The molecule has 338 valence electrons. The van der Waals surface area contributed by atoms with Crippen molar-refractivity contribution < 1.29 is 16.8 Å². The van der Waals surface area contributed by atoms with E-state index in [-0.39, 0.29) is 20.6 Å². The molecular formula is C55H57N5O4S2. The maximum atomic E-state index is 15.5. The van der Waals surface area contributed by atoms with E-state index in [0.717, 1.165) is 33.4 Å². The highest BCUT2D eigenvalue weighted by Crippen LogP contribution is 2.51. The normalized spacial score (nSPS) is 22.1. The van der Waals surface area contributed by atoms with Crippen LogP contribution < -0.4 is 10.6 Å². The predicted molar refractivity (Wildman–Crippen MR) is 261 cm³/mol. The van der Waals surface area contributed by atoms with Gasteiger partial charge in [0.25, 0.3) is 0 Å². The van der Waals surface area contributed by atoms with Gasteiger partial charge in [-0.2, -0.15) is 8.61 Å². The Kier molecular flexibility index (Phi) is 12.2. The highest BCUT2D eigenvalue weighted by atomic mass is 32.2. The van der Waals surface area contributed by atoms with Crippen molar-refractivity contribution in [1.82, 2.24) is 24.2 Å². The van der Waals surface area contributed by atoms with E-state index in [4.69, 9.17) is 4.98 Å². The third-order valence-corrected chi connectivity index (χ3v) is 16.6. The van der Waals surface area contributed by atoms with Crippen molar-refractivity contribution in [3.8, 4) is 0 Å². The standard InChI is InChI=1S/C55H57N5O4S2/c1-54(2,3)42-30-34-44(35-31-42)65(61,62)59-50(40-24-15-9-16-25-40)48(38-20-11-7-12-21-38)57-52(59)46-28-19-29-47(56-46)53-58-49(39-22-13-8-14-23-39)51(41-26-17-10-18-27-41)60(53)66(63,64)45-36-32-43(33-37-45)55(4,5)6/h7-37,48-53,57-58H,1-6H3/t48-,49-,50-,51-,52?,53?/m1/s1. The van der Waals surface area contributed by atoms with Crippen LogP contribution >= 0.6 is 0 Å². The van der Waals surface area contributed by atoms with Crippen molar-refractivity contribution in [3.63, 3.8) is 0 Å². The zero-order valence-corrected chi connectivity index (χ0v) is 39.8. The minimum Gasteiger partial charge on any atom is -0.287 e. The molecule has 0 amide bonds. The molecule has 2 unspecified atom stereocenters. The molecule has 9 rings (SSSR count). The third-order valence-electron chi connectivity index (χ3n) is 12.9. The number of hydrogen-bond acceptors (Lipinski definition) is 7. The Morgan fingerprint density at radius 3 is 1.00 bits per heavy atom. The molecule has 2 aliphatic heterocycles. The number of nitrogens with one attached hydrogen (secondary N) is 2. The van der Waals surface area contributed by atoms with Crippen molar-refractivity contribution in [2.45, 2.75) is 98.7 Å². The van der Waals surface area contributed by atoms with Crippen LogP contribution in [0.25, 0.3) is 0 Å². The number of rotatable bonds is 10. The van der Waals surface area contributed by atoms with Crippen molar-refractivity contribution in [2.24, 2.45) is 0 Å². The minimum atomic E-state index is -4.23. The molecule has 2 fully saturated rings. The highest BCUT2D eigenvalue weighted by molar-refractivity contribution is 7.89. The first-order valence-electron chi connectivity index (χ1n) is 22.5. The second-order valence-electron chi connectivity index (χ2n) is 19.3. The van der Waals surface area contributed by atoms with E-state index in [1.165, 1.54) is 0 Å². The topological polar surface area (TPSA) is 112 Å². The zero-order chi connectivity index (χ0) is 46.4. The molecule has 11 heteroatoms. The summed E-state index contributed by atoms with van der Waals surface area (Å²) in [4.78, 5) is 5.65. The van der Waals surface area contributed by atoms with E-state index >= 15 is 16.8 Å². The van der Waals surface area contributed by atoms with Gasteiger partial charge in [0.1, 0.15) is 12.3 Å². The molecule has 0 spiro atoms. The van der Waals surface area contributed by atoms with E-state index < -0.39 is 56.5 Å². The Balaban J connectivity index is 1.22. The van der Waals surface area contributed by atoms with Gasteiger partial charge in [-0.05, 0) is 80.6 Å². The van der Waals surface area contributed by atoms with Gasteiger partial charge >= 0.3 is 0 Å². The van der Waals surface area contributed by atoms with Crippen molar-refractivity contribution >= 4 is 20.0 Å². The summed E-state index contributed by atoms with van der Waals surface area (Å²) >= 11 is 0. The van der Waals surface area contributed by atoms with E-state index in [2.05, 4.69) is 52.2 Å². The minimum absolute atomic E-state index is 0.164. The van der Waals surface area contributed by atoms with Crippen LogP contribution in [0.1, 0.15) is 123 Å². The molecule has 2 N–H and O–H groups in total. The summed E-state index contributed by atoms with van der Waals surface area (Å²) in [5.74, 6) is 0. The number of benzene rings is 6.